The zero-order valence-corrected chi connectivity index (χ0v) is 13.5. The van der Waals surface area contributed by atoms with Crippen LogP contribution in [0.3, 0.4) is 0 Å². The van der Waals surface area contributed by atoms with Gasteiger partial charge in [0.1, 0.15) is 5.82 Å². The van der Waals surface area contributed by atoms with E-state index in [9.17, 15) is 14.3 Å². The van der Waals surface area contributed by atoms with Crippen LogP contribution in [0.2, 0.25) is 0 Å². The lowest BCUT2D eigenvalue weighted by Gasteiger charge is -2.27. The van der Waals surface area contributed by atoms with Crippen molar-refractivity contribution in [3.63, 3.8) is 0 Å². The van der Waals surface area contributed by atoms with Crippen LogP contribution in [0.5, 0.6) is 0 Å². The SMILES string of the molecule is CCCC(O)(CCC)CNC(=O)c1ccc(F)cc1Br. The van der Waals surface area contributed by atoms with Gasteiger partial charge in [0.15, 0.2) is 0 Å². The number of hydrogen-bond acceptors (Lipinski definition) is 2. The first-order chi connectivity index (χ1) is 9.41. The standard InChI is InChI=1S/C15H21BrFNO2/c1-3-7-15(20,8-4-2)10-18-14(19)12-6-5-11(17)9-13(12)16/h5-6,9,20H,3-4,7-8,10H2,1-2H3,(H,18,19). The Kier molecular flexibility index (Phi) is 6.62. The number of hydrogen-bond donors (Lipinski definition) is 2. The first-order valence-electron chi connectivity index (χ1n) is 6.87. The molecule has 0 saturated carbocycles. The van der Waals surface area contributed by atoms with E-state index in [-0.39, 0.29) is 12.5 Å². The molecule has 0 radical (unpaired) electrons. The third-order valence-electron chi connectivity index (χ3n) is 3.18. The maximum atomic E-state index is 13.0. The summed E-state index contributed by atoms with van der Waals surface area (Å²) in [5.74, 6) is -0.718. The highest BCUT2D eigenvalue weighted by molar-refractivity contribution is 9.10. The van der Waals surface area contributed by atoms with Crippen LogP contribution in [0.4, 0.5) is 4.39 Å². The monoisotopic (exact) mass is 345 g/mol. The maximum absolute atomic E-state index is 13.0. The second kappa shape index (κ2) is 7.74. The largest absolute Gasteiger partial charge is 0.388 e. The summed E-state index contributed by atoms with van der Waals surface area (Å²) in [6, 6.07) is 3.91. The van der Waals surface area contributed by atoms with Crippen molar-refractivity contribution in [2.24, 2.45) is 0 Å². The lowest BCUT2D eigenvalue weighted by molar-refractivity contribution is 0.0213. The van der Waals surface area contributed by atoms with Crippen molar-refractivity contribution in [2.75, 3.05) is 6.54 Å². The van der Waals surface area contributed by atoms with Gasteiger partial charge in [0.05, 0.1) is 11.2 Å². The zero-order chi connectivity index (χ0) is 15.2. The summed E-state index contributed by atoms with van der Waals surface area (Å²) in [7, 11) is 0. The number of nitrogens with one attached hydrogen (secondary N) is 1. The fourth-order valence-electron chi connectivity index (χ4n) is 2.25. The molecule has 0 aliphatic carbocycles. The summed E-state index contributed by atoms with van der Waals surface area (Å²) in [6.07, 6.45) is 3.00. The minimum Gasteiger partial charge on any atom is -0.388 e. The van der Waals surface area contributed by atoms with E-state index in [0.717, 1.165) is 12.8 Å². The van der Waals surface area contributed by atoms with Gasteiger partial charge in [-0.1, -0.05) is 26.7 Å². The van der Waals surface area contributed by atoms with E-state index < -0.39 is 11.4 Å². The minimum atomic E-state index is -0.869. The Labute approximate surface area is 127 Å². The molecule has 1 amide bonds. The molecule has 5 heteroatoms. The molecule has 3 nitrogen and oxygen atoms in total. The molecule has 0 saturated heterocycles. The van der Waals surface area contributed by atoms with Gasteiger partial charge in [0.2, 0.25) is 0 Å². The van der Waals surface area contributed by atoms with Crippen molar-refractivity contribution < 1.29 is 14.3 Å². The number of amides is 1. The van der Waals surface area contributed by atoms with Gasteiger partial charge in [-0.25, -0.2) is 4.39 Å². The third kappa shape index (κ3) is 4.87. The highest BCUT2D eigenvalue weighted by atomic mass is 79.9. The molecule has 1 aromatic carbocycles. The van der Waals surface area contributed by atoms with Gasteiger partial charge < -0.3 is 10.4 Å². The van der Waals surface area contributed by atoms with E-state index >= 15 is 0 Å². The minimum absolute atomic E-state index is 0.206. The Bertz CT molecular complexity index is 459. The van der Waals surface area contributed by atoms with Gasteiger partial charge in [0.25, 0.3) is 5.91 Å². The van der Waals surface area contributed by atoms with Gasteiger partial charge in [0, 0.05) is 11.0 Å². The molecule has 0 aliphatic rings. The van der Waals surface area contributed by atoms with Gasteiger partial charge in [-0.2, -0.15) is 0 Å². The molecule has 0 aromatic heterocycles. The summed E-state index contributed by atoms with van der Waals surface area (Å²) in [6.45, 7) is 4.20. The highest BCUT2D eigenvalue weighted by Gasteiger charge is 2.25. The Balaban J connectivity index is 2.70. The van der Waals surface area contributed by atoms with Gasteiger partial charge in [-0.3, -0.25) is 4.79 Å². The van der Waals surface area contributed by atoms with Crippen molar-refractivity contribution in [1.82, 2.24) is 5.32 Å². The molecule has 2 N–H and O–H groups in total. The molecule has 112 valence electrons. The Morgan fingerprint density at radius 2 is 1.95 bits per heavy atom. The van der Waals surface area contributed by atoms with E-state index in [0.29, 0.717) is 22.9 Å². The molecule has 1 aromatic rings. The summed E-state index contributed by atoms with van der Waals surface area (Å²) in [5.41, 5.74) is -0.507. The maximum Gasteiger partial charge on any atom is 0.252 e. The molecule has 0 aliphatic heterocycles. The predicted octanol–water partition coefficient (Wildman–Crippen LogP) is 3.65. The second-order valence-electron chi connectivity index (χ2n) is 5.03. The van der Waals surface area contributed by atoms with Gasteiger partial charge >= 0.3 is 0 Å². The van der Waals surface area contributed by atoms with Crippen LogP contribution in [0.1, 0.15) is 49.9 Å². The number of aliphatic hydroxyl groups is 1. The number of halogens is 2. The van der Waals surface area contributed by atoms with Crippen molar-refractivity contribution in [3.05, 3.63) is 34.1 Å². The fraction of sp³-hybridized carbons (Fsp3) is 0.533. The number of rotatable bonds is 7. The molecule has 20 heavy (non-hydrogen) atoms. The number of carbonyl (C=O) groups is 1. The summed E-state index contributed by atoms with van der Waals surface area (Å²) in [4.78, 5) is 12.1. The molecular weight excluding hydrogens is 325 g/mol. The van der Waals surface area contributed by atoms with Crippen molar-refractivity contribution in [2.45, 2.75) is 45.1 Å². The second-order valence-corrected chi connectivity index (χ2v) is 5.89. The summed E-state index contributed by atoms with van der Waals surface area (Å²) in [5, 5.41) is 13.2. The predicted molar refractivity (Wildman–Crippen MR) is 81.2 cm³/mol. The van der Waals surface area contributed by atoms with Crippen molar-refractivity contribution >= 4 is 21.8 Å². The first-order valence-corrected chi connectivity index (χ1v) is 7.67. The van der Waals surface area contributed by atoms with Crippen molar-refractivity contribution in [1.29, 1.82) is 0 Å². The molecule has 0 unspecified atom stereocenters. The van der Waals surface area contributed by atoms with E-state index in [2.05, 4.69) is 21.2 Å². The number of carbonyl (C=O) groups excluding carboxylic acids is 1. The quantitative estimate of drug-likeness (QED) is 0.792. The third-order valence-corrected chi connectivity index (χ3v) is 3.84. The zero-order valence-electron chi connectivity index (χ0n) is 11.9. The number of benzene rings is 1. The van der Waals surface area contributed by atoms with E-state index in [1.54, 1.807) is 0 Å². The van der Waals surface area contributed by atoms with Crippen LogP contribution < -0.4 is 5.32 Å². The summed E-state index contributed by atoms with van der Waals surface area (Å²) >= 11 is 3.17. The normalized spacial score (nSPS) is 11.4. The Morgan fingerprint density at radius 3 is 2.45 bits per heavy atom. The fourth-order valence-corrected chi connectivity index (χ4v) is 2.78. The topological polar surface area (TPSA) is 49.3 Å². The Morgan fingerprint density at radius 1 is 1.35 bits per heavy atom. The van der Waals surface area contributed by atoms with Gasteiger partial charge in [-0.05, 0) is 47.0 Å². The van der Waals surface area contributed by atoms with Crippen LogP contribution in [0.25, 0.3) is 0 Å². The van der Waals surface area contributed by atoms with Crippen LogP contribution in [-0.4, -0.2) is 23.2 Å². The molecule has 0 fully saturated rings. The smallest absolute Gasteiger partial charge is 0.252 e. The lowest BCUT2D eigenvalue weighted by atomic mass is 9.92. The summed E-state index contributed by atoms with van der Waals surface area (Å²) < 4.78 is 13.4. The average molecular weight is 346 g/mol. The van der Waals surface area contributed by atoms with Crippen LogP contribution >= 0.6 is 15.9 Å². The highest BCUT2D eigenvalue weighted by Crippen LogP contribution is 2.20. The average Bonchev–Trinajstić information content (AvgIpc) is 2.37. The molecule has 0 atom stereocenters. The van der Waals surface area contributed by atoms with Crippen LogP contribution in [-0.2, 0) is 0 Å². The van der Waals surface area contributed by atoms with E-state index in [1.807, 2.05) is 13.8 Å². The van der Waals surface area contributed by atoms with E-state index in [1.165, 1.54) is 18.2 Å². The molecule has 0 heterocycles. The Hall–Kier alpha value is -0.940. The van der Waals surface area contributed by atoms with Crippen LogP contribution in [0, 0.1) is 5.82 Å². The molecule has 0 spiro atoms. The molecule has 0 bridgehead atoms. The molecule has 1 rings (SSSR count). The molecular formula is C15H21BrFNO2. The van der Waals surface area contributed by atoms with Crippen molar-refractivity contribution in [3.8, 4) is 0 Å². The lowest BCUT2D eigenvalue weighted by Crippen LogP contribution is -2.42. The first kappa shape index (κ1) is 17.1. The van der Waals surface area contributed by atoms with Crippen LogP contribution in [0.15, 0.2) is 22.7 Å². The van der Waals surface area contributed by atoms with Gasteiger partial charge in [-0.15, -0.1) is 0 Å². The van der Waals surface area contributed by atoms with E-state index in [4.69, 9.17) is 0 Å².